The van der Waals surface area contributed by atoms with E-state index in [9.17, 15) is 22.8 Å². The van der Waals surface area contributed by atoms with Crippen molar-refractivity contribution in [3.63, 3.8) is 0 Å². The van der Waals surface area contributed by atoms with Crippen LogP contribution in [0.25, 0.3) is 0 Å². The summed E-state index contributed by atoms with van der Waals surface area (Å²) in [6.45, 7) is 0.276. The van der Waals surface area contributed by atoms with Crippen molar-refractivity contribution in [2.45, 2.75) is 25.1 Å². The number of amides is 3. The van der Waals surface area contributed by atoms with Crippen LogP contribution in [-0.4, -0.2) is 24.5 Å². The van der Waals surface area contributed by atoms with E-state index >= 15 is 0 Å². The maximum atomic E-state index is 12.4. The second-order valence-electron chi connectivity index (χ2n) is 4.71. The first-order chi connectivity index (χ1) is 9.84. The topological polar surface area (TPSA) is 70.2 Å². The Labute approximate surface area is 118 Å². The highest BCUT2D eigenvalue weighted by Gasteiger charge is 2.30. The number of hydrogen-bond acceptors (Lipinski definition) is 2. The Hall–Kier alpha value is -2.25. The van der Waals surface area contributed by atoms with Crippen molar-refractivity contribution < 1.29 is 22.8 Å². The summed E-state index contributed by atoms with van der Waals surface area (Å²) in [6.07, 6.45) is -3.31. The van der Waals surface area contributed by atoms with Crippen LogP contribution < -0.4 is 16.0 Å². The van der Waals surface area contributed by atoms with Gasteiger partial charge in [-0.05, 0) is 30.7 Å². The second-order valence-corrected chi connectivity index (χ2v) is 4.71. The smallest absolute Gasteiger partial charge is 0.352 e. The Morgan fingerprint density at radius 2 is 1.95 bits per heavy atom. The fourth-order valence-corrected chi connectivity index (χ4v) is 1.96. The zero-order valence-electron chi connectivity index (χ0n) is 11.0. The molecule has 0 aliphatic carbocycles. The molecule has 1 aromatic carbocycles. The number of benzene rings is 1. The Bertz CT molecular complexity index is 528. The lowest BCUT2D eigenvalue weighted by molar-refractivity contribution is -0.137. The molecule has 8 heteroatoms. The lowest BCUT2D eigenvalue weighted by Crippen LogP contribution is -2.40. The molecule has 1 fully saturated rings. The molecule has 0 bridgehead atoms. The number of carbonyl (C=O) groups excluding carboxylic acids is 2. The van der Waals surface area contributed by atoms with Crippen LogP contribution in [0.1, 0.15) is 18.4 Å². The van der Waals surface area contributed by atoms with Gasteiger partial charge < -0.3 is 16.0 Å². The van der Waals surface area contributed by atoms with Crippen LogP contribution >= 0.6 is 0 Å². The number of rotatable bonds is 3. The molecule has 0 saturated carbocycles. The van der Waals surface area contributed by atoms with E-state index in [4.69, 9.17) is 0 Å². The molecular formula is C13H14F3N3O2. The molecule has 5 nitrogen and oxygen atoms in total. The van der Waals surface area contributed by atoms with Crippen molar-refractivity contribution in [2.75, 3.05) is 11.9 Å². The molecule has 1 saturated heterocycles. The first-order valence-corrected chi connectivity index (χ1v) is 6.36. The Kier molecular flexibility index (Phi) is 4.35. The molecular weight excluding hydrogens is 287 g/mol. The number of urea groups is 1. The molecule has 1 aliphatic rings. The molecule has 0 spiro atoms. The predicted octanol–water partition coefficient (Wildman–Crippen LogP) is 2.11. The fourth-order valence-electron chi connectivity index (χ4n) is 1.96. The molecule has 0 unspecified atom stereocenters. The summed E-state index contributed by atoms with van der Waals surface area (Å²) in [6, 6.07) is 3.52. The maximum absolute atomic E-state index is 12.4. The molecule has 0 aromatic heterocycles. The monoisotopic (exact) mass is 301 g/mol. The summed E-state index contributed by atoms with van der Waals surface area (Å²) in [5.74, 6) is -0.0510. The van der Waals surface area contributed by atoms with Gasteiger partial charge in [0.15, 0.2) is 0 Å². The molecule has 114 valence electrons. The molecule has 0 radical (unpaired) electrons. The third-order valence-electron chi connectivity index (χ3n) is 3.06. The summed E-state index contributed by atoms with van der Waals surface area (Å²) >= 11 is 0. The second kappa shape index (κ2) is 6.02. The Balaban J connectivity index is 1.81. The van der Waals surface area contributed by atoms with Gasteiger partial charge >= 0.3 is 12.2 Å². The number of alkyl halides is 3. The lowest BCUT2D eigenvalue weighted by Gasteiger charge is -2.12. The highest BCUT2D eigenvalue weighted by Crippen LogP contribution is 2.29. The highest BCUT2D eigenvalue weighted by molar-refractivity contribution is 5.89. The fraction of sp³-hybridized carbons (Fsp3) is 0.385. The zero-order valence-corrected chi connectivity index (χ0v) is 11.0. The van der Waals surface area contributed by atoms with Gasteiger partial charge in [-0.3, -0.25) is 4.79 Å². The first kappa shape index (κ1) is 15.1. The van der Waals surface area contributed by atoms with E-state index in [2.05, 4.69) is 16.0 Å². The summed E-state index contributed by atoms with van der Waals surface area (Å²) in [5, 5.41) is 7.67. The number of carbonyl (C=O) groups is 2. The first-order valence-electron chi connectivity index (χ1n) is 6.36. The van der Waals surface area contributed by atoms with Gasteiger partial charge in [0.25, 0.3) is 0 Å². The van der Waals surface area contributed by atoms with Gasteiger partial charge in [-0.2, -0.15) is 13.2 Å². The lowest BCUT2D eigenvalue weighted by atomic mass is 10.2. The van der Waals surface area contributed by atoms with Gasteiger partial charge in [0.1, 0.15) is 0 Å². The van der Waals surface area contributed by atoms with Gasteiger partial charge in [0, 0.05) is 24.7 Å². The third kappa shape index (κ3) is 4.37. The van der Waals surface area contributed by atoms with Gasteiger partial charge in [-0.15, -0.1) is 0 Å². The summed E-state index contributed by atoms with van der Waals surface area (Å²) in [4.78, 5) is 22.5. The molecule has 21 heavy (non-hydrogen) atoms. The van der Waals surface area contributed by atoms with E-state index in [1.54, 1.807) is 0 Å². The van der Waals surface area contributed by atoms with Crippen LogP contribution in [0.3, 0.4) is 0 Å². The van der Waals surface area contributed by atoms with Gasteiger partial charge in [-0.1, -0.05) is 0 Å². The summed E-state index contributed by atoms with van der Waals surface area (Å²) < 4.78 is 37.1. The normalized spacial score (nSPS) is 18.2. The van der Waals surface area contributed by atoms with Crippen LogP contribution in [0, 0.1) is 0 Å². The van der Waals surface area contributed by atoms with Crippen molar-refractivity contribution >= 4 is 17.6 Å². The Morgan fingerprint density at radius 1 is 1.29 bits per heavy atom. The number of nitrogens with one attached hydrogen (secondary N) is 3. The third-order valence-corrected chi connectivity index (χ3v) is 3.06. The van der Waals surface area contributed by atoms with Crippen LogP contribution in [-0.2, 0) is 11.0 Å². The molecule has 3 N–H and O–H groups in total. The number of hydrogen-bond donors (Lipinski definition) is 3. The average Bonchev–Trinajstić information content (AvgIpc) is 2.82. The Morgan fingerprint density at radius 3 is 2.48 bits per heavy atom. The standard InChI is InChI=1S/C13H14F3N3O2/c14-13(15,16)8-1-3-9(4-2-8)19-12(21)17-7-10-5-6-11(20)18-10/h1-4,10H,5-7H2,(H,18,20)(H2,17,19,21)/t10-/m0/s1. The van der Waals surface area contributed by atoms with Crippen molar-refractivity contribution in [2.24, 2.45) is 0 Å². The van der Waals surface area contributed by atoms with Crippen molar-refractivity contribution in [3.8, 4) is 0 Å². The number of halogens is 3. The minimum atomic E-state index is -4.40. The van der Waals surface area contributed by atoms with Crippen molar-refractivity contribution in [3.05, 3.63) is 29.8 Å². The zero-order chi connectivity index (χ0) is 15.5. The molecule has 1 heterocycles. The van der Waals surface area contributed by atoms with Crippen LogP contribution in [0.4, 0.5) is 23.7 Å². The molecule has 1 aliphatic heterocycles. The quantitative estimate of drug-likeness (QED) is 0.800. The van der Waals surface area contributed by atoms with Gasteiger partial charge in [0.05, 0.1) is 5.56 Å². The molecule has 1 atom stereocenters. The van der Waals surface area contributed by atoms with Crippen LogP contribution in [0.5, 0.6) is 0 Å². The molecule has 2 rings (SSSR count). The van der Waals surface area contributed by atoms with E-state index in [0.29, 0.717) is 12.8 Å². The van der Waals surface area contributed by atoms with E-state index in [1.807, 2.05) is 0 Å². The van der Waals surface area contributed by atoms with E-state index in [0.717, 1.165) is 12.1 Å². The number of anilines is 1. The van der Waals surface area contributed by atoms with Gasteiger partial charge in [0.2, 0.25) is 5.91 Å². The van der Waals surface area contributed by atoms with E-state index in [1.165, 1.54) is 12.1 Å². The maximum Gasteiger partial charge on any atom is 0.416 e. The van der Waals surface area contributed by atoms with Crippen molar-refractivity contribution in [1.82, 2.24) is 10.6 Å². The minimum absolute atomic E-state index is 0.0510. The minimum Gasteiger partial charge on any atom is -0.352 e. The summed E-state index contributed by atoms with van der Waals surface area (Å²) in [7, 11) is 0. The van der Waals surface area contributed by atoms with E-state index < -0.39 is 17.8 Å². The van der Waals surface area contributed by atoms with Gasteiger partial charge in [-0.25, -0.2) is 4.79 Å². The van der Waals surface area contributed by atoms with Crippen LogP contribution in [0.2, 0.25) is 0 Å². The largest absolute Gasteiger partial charge is 0.416 e. The summed E-state index contributed by atoms with van der Waals surface area (Å²) in [5.41, 5.74) is -0.516. The average molecular weight is 301 g/mol. The van der Waals surface area contributed by atoms with E-state index in [-0.39, 0.29) is 24.2 Å². The van der Waals surface area contributed by atoms with Crippen molar-refractivity contribution in [1.29, 1.82) is 0 Å². The molecule has 3 amide bonds. The predicted molar refractivity (Wildman–Crippen MR) is 69.6 cm³/mol. The van der Waals surface area contributed by atoms with Crippen LogP contribution in [0.15, 0.2) is 24.3 Å². The highest BCUT2D eigenvalue weighted by atomic mass is 19.4. The SMILES string of the molecule is O=C1CC[C@@H](CNC(=O)Nc2ccc(C(F)(F)F)cc2)N1. The molecule has 1 aromatic rings.